The van der Waals surface area contributed by atoms with Gasteiger partial charge in [0.1, 0.15) is 17.6 Å². The van der Waals surface area contributed by atoms with Gasteiger partial charge in [-0.3, -0.25) is 15.5 Å². The molecule has 1 fully saturated rings. The highest BCUT2D eigenvalue weighted by Crippen LogP contribution is 2.21. The van der Waals surface area contributed by atoms with Crippen molar-refractivity contribution in [1.82, 2.24) is 14.6 Å². The number of hydrogen-bond donors (Lipinski definition) is 3. The molecule has 8 heteroatoms. The van der Waals surface area contributed by atoms with Crippen LogP contribution in [-0.4, -0.2) is 46.7 Å². The zero-order chi connectivity index (χ0) is 19.5. The van der Waals surface area contributed by atoms with Gasteiger partial charge in [-0.2, -0.15) is 0 Å². The van der Waals surface area contributed by atoms with E-state index in [0.717, 1.165) is 35.6 Å². The maximum atomic E-state index is 8.62. The van der Waals surface area contributed by atoms with Crippen molar-refractivity contribution in [2.75, 3.05) is 37.0 Å². The van der Waals surface area contributed by atoms with Crippen LogP contribution in [0.15, 0.2) is 55.0 Å². The third kappa shape index (κ3) is 3.63. The number of anilines is 1. The SMILES string of the molecule is N=C(c1cccc(-c2ccc(=N)n(N)c2)c1)c1cc(N2CCOCC2)ncn1. The summed E-state index contributed by atoms with van der Waals surface area (Å²) in [6.45, 7) is 2.92. The normalized spacial score (nSPS) is 14.1. The van der Waals surface area contributed by atoms with E-state index >= 15 is 0 Å². The van der Waals surface area contributed by atoms with E-state index in [4.69, 9.17) is 21.4 Å². The number of aromatic nitrogens is 3. The Balaban J connectivity index is 1.63. The predicted molar refractivity (Wildman–Crippen MR) is 107 cm³/mol. The summed E-state index contributed by atoms with van der Waals surface area (Å²) in [6, 6.07) is 13.0. The maximum Gasteiger partial charge on any atom is 0.143 e. The number of nitrogens with two attached hydrogens (primary N) is 1. The molecule has 3 heterocycles. The monoisotopic (exact) mass is 375 g/mol. The number of hydrogen-bond acceptors (Lipinski definition) is 7. The summed E-state index contributed by atoms with van der Waals surface area (Å²) in [5.74, 6) is 6.60. The zero-order valence-corrected chi connectivity index (χ0v) is 15.3. The molecule has 0 radical (unpaired) electrons. The molecule has 0 amide bonds. The van der Waals surface area contributed by atoms with Crippen LogP contribution in [0.2, 0.25) is 0 Å². The van der Waals surface area contributed by atoms with Crippen molar-refractivity contribution in [2.45, 2.75) is 0 Å². The first-order chi connectivity index (χ1) is 13.6. The standard InChI is InChI=1S/C20H21N7O/c21-18-5-4-16(12-27(18)23)14-2-1-3-15(10-14)20(22)17-11-19(25-13-24-17)26-6-8-28-9-7-26/h1-5,10-13,21-22H,6-9,23H2. The van der Waals surface area contributed by atoms with E-state index in [9.17, 15) is 0 Å². The van der Waals surface area contributed by atoms with Crippen LogP contribution in [0.5, 0.6) is 0 Å². The maximum absolute atomic E-state index is 8.62. The quantitative estimate of drug-likeness (QED) is 0.471. The summed E-state index contributed by atoms with van der Waals surface area (Å²) in [6.07, 6.45) is 3.20. The van der Waals surface area contributed by atoms with Crippen LogP contribution >= 0.6 is 0 Å². The van der Waals surface area contributed by atoms with Crippen molar-refractivity contribution in [3.05, 3.63) is 71.7 Å². The molecule has 4 N–H and O–H groups in total. The first kappa shape index (κ1) is 17.9. The molecule has 0 atom stereocenters. The number of benzene rings is 1. The van der Waals surface area contributed by atoms with E-state index in [2.05, 4.69) is 14.9 Å². The number of pyridine rings is 1. The highest BCUT2D eigenvalue weighted by molar-refractivity contribution is 6.10. The second-order valence-electron chi connectivity index (χ2n) is 6.53. The topological polar surface area (TPSA) is 117 Å². The third-order valence-electron chi connectivity index (χ3n) is 4.71. The van der Waals surface area contributed by atoms with Crippen molar-refractivity contribution in [2.24, 2.45) is 0 Å². The summed E-state index contributed by atoms with van der Waals surface area (Å²) in [7, 11) is 0. The molecule has 4 rings (SSSR count). The van der Waals surface area contributed by atoms with E-state index in [1.165, 1.54) is 11.0 Å². The molecular formula is C20H21N7O. The van der Waals surface area contributed by atoms with Gasteiger partial charge < -0.3 is 15.5 Å². The number of morpholine rings is 1. The van der Waals surface area contributed by atoms with Gasteiger partial charge in [-0.1, -0.05) is 18.2 Å². The lowest BCUT2D eigenvalue weighted by Gasteiger charge is -2.27. The fourth-order valence-electron chi connectivity index (χ4n) is 3.14. The Morgan fingerprint density at radius 2 is 1.86 bits per heavy atom. The molecule has 8 nitrogen and oxygen atoms in total. The summed E-state index contributed by atoms with van der Waals surface area (Å²) < 4.78 is 6.66. The first-order valence-electron chi connectivity index (χ1n) is 8.99. The Morgan fingerprint density at radius 3 is 2.64 bits per heavy atom. The van der Waals surface area contributed by atoms with Crippen LogP contribution in [0.4, 0.5) is 5.82 Å². The van der Waals surface area contributed by atoms with Gasteiger partial charge in [0.05, 0.1) is 24.6 Å². The van der Waals surface area contributed by atoms with Crippen LogP contribution in [0, 0.1) is 10.8 Å². The average Bonchev–Trinajstić information content (AvgIpc) is 2.76. The number of nitrogens with one attached hydrogen (secondary N) is 2. The Morgan fingerprint density at radius 1 is 1.04 bits per heavy atom. The molecule has 1 aliphatic rings. The number of nitrogens with zero attached hydrogens (tertiary/aromatic N) is 4. The van der Waals surface area contributed by atoms with E-state index in [1.807, 2.05) is 36.4 Å². The summed E-state index contributed by atoms with van der Waals surface area (Å²) in [5.41, 5.74) is 3.68. The van der Waals surface area contributed by atoms with E-state index in [0.29, 0.717) is 24.6 Å². The summed E-state index contributed by atoms with van der Waals surface area (Å²) in [4.78, 5) is 10.8. The van der Waals surface area contributed by atoms with Crippen LogP contribution in [-0.2, 0) is 4.74 Å². The van der Waals surface area contributed by atoms with E-state index in [1.54, 1.807) is 12.3 Å². The lowest BCUT2D eigenvalue weighted by atomic mass is 10.0. The van der Waals surface area contributed by atoms with Gasteiger partial charge in [0.15, 0.2) is 0 Å². The molecule has 1 aliphatic heterocycles. The Labute approximate surface area is 162 Å². The molecule has 142 valence electrons. The molecule has 0 aliphatic carbocycles. The van der Waals surface area contributed by atoms with Crippen LogP contribution in [0.1, 0.15) is 11.3 Å². The van der Waals surface area contributed by atoms with E-state index < -0.39 is 0 Å². The van der Waals surface area contributed by atoms with Crippen LogP contribution in [0.25, 0.3) is 11.1 Å². The van der Waals surface area contributed by atoms with Gasteiger partial charge in [0.2, 0.25) is 0 Å². The van der Waals surface area contributed by atoms with Crippen molar-refractivity contribution in [3.63, 3.8) is 0 Å². The molecule has 0 unspecified atom stereocenters. The second-order valence-corrected chi connectivity index (χ2v) is 6.53. The van der Waals surface area contributed by atoms with Gasteiger partial charge in [0.25, 0.3) is 0 Å². The smallest absolute Gasteiger partial charge is 0.143 e. The van der Waals surface area contributed by atoms with E-state index in [-0.39, 0.29) is 5.49 Å². The summed E-state index contributed by atoms with van der Waals surface area (Å²) >= 11 is 0. The lowest BCUT2D eigenvalue weighted by Crippen LogP contribution is -2.36. The minimum Gasteiger partial charge on any atom is -0.378 e. The second kappa shape index (κ2) is 7.61. The first-order valence-corrected chi connectivity index (χ1v) is 8.99. The Kier molecular flexibility index (Phi) is 4.86. The number of nitrogen functional groups attached to an aromatic ring is 1. The third-order valence-corrected chi connectivity index (χ3v) is 4.71. The molecule has 0 saturated carbocycles. The molecule has 28 heavy (non-hydrogen) atoms. The Bertz CT molecular complexity index is 1070. The zero-order valence-electron chi connectivity index (χ0n) is 15.3. The fourth-order valence-corrected chi connectivity index (χ4v) is 3.14. The molecular weight excluding hydrogens is 354 g/mol. The van der Waals surface area contributed by atoms with Gasteiger partial charge in [0, 0.05) is 36.5 Å². The highest BCUT2D eigenvalue weighted by Gasteiger charge is 2.15. The van der Waals surface area contributed by atoms with Gasteiger partial charge >= 0.3 is 0 Å². The van der Waals surface area contributed by atoms with Crippen molar-refractivity contribution in [1.29, 1.82) is 10.8 Å². The largest absolute Gasteiger partial charge is 0.378 e. The van der Waals surface area contributed by atoms with Crippen molar-refractivity contribution < 1.29 is 4.74 Å². The minimum absolute atomic E-state index is 0.226. The molecule has 2 aromatic heterocycles. The van der Waals surface area contributed by atoms with Gasteiger partial charge in [-0.05, 0) is 23.8 Å². The average molecular weight is 375 g/mol. The highest BCUT2D eigenvalue weighted by atomic mass is 16.5. The number of rotatable bonds is 4. The predicted octanol–water partition coefficient (Wildman–Crippen LogP) is 1.39. The molecule has 0 spiro atoms. The fraction of sp³-hybridized carbons (Fsp3) is 0.200. The van der Waals surface area contributed by atoms with Crippen molar-refractivity contribution in [3.8, 4) is 11.1 Å². The molecule has 3 aromatic rings. The minimum atomic E-state index is 0.226. The summed E-state index contributed by atoms with van der Waals surface area (Å²) in [5, 5.41) is 16.3. The van der Waals surface area contributed by atoms with Crippen LogP contribution < -0.4 is 16.2 Å². The van der Waals surface area contributed by atoms with Crippen molar-refractivity contribution >= 4 is 11.5 Å². The van der Waals surface area contributed by atoms with Gasteiger partial charge in [-0.15, -0.1) is 0 Å². The molecule has 1 aromatic carbocycles. The lowest BCUT2D eigenvalue weighted by molar-refractivity contribution is 0.122. The molecule has 1 saturated heterocycles. The Hall–Kier alpha value is -3.52. The van der Waals surface area contributed by atoms with Crippen LogP contribution in [0.3, 0.4) is 0 Å². The van der Waals surface area contributed by atoms with Gasteiger partial charge in [-0.25, -0.2) is 9.97 Å². The molecule has 0 bridgehead atoms. The number of ether oxygens (including phenoxy) is 1.